The third-order valence-corrected chi connectivity index (χ3v) is 3.05. The molecule has 5 nitrogen and oxygen atoms in total. The lowest BCUT2D eigenvalue weighted by Crippen LogP contribution is -2.14. The molecule has 2 aromatic rings. The molecular formula is C14H12BrN3O2. The molecule has 0 aliphatic carbocycles. The van der Waals surface area contributed by atoms with Crippen LogP contribution in [-0.4, -0.2) is 16.8 Å². The van der Waals surface area contributed by atoms with E-state index in [-0.39, 0.29) is 11.8 Å². The molecule has 0 radical (unpaired) electrons. The van der Waals surface area contributed by atoms with Crippen LogP contribution in [0.15, 0.2) is 47.1 Å². The van der Waals surface area contributed by atoms with Gasteiger partial charge in [-0.3, -0.25) is 9.59 Å². The zero-order chi connectivity index (χ0) is 14.5. The monoisotopic (exact) mass is 333 g/mol. The van der Waals surface area contributed by atoms with Gasteiger partial charge in [0.05, 0.1) is 0 Å². The Labute approximate surface area is 124 Å². The van der Waals surface area contributed by atoms with Crippen molar-refractivity contribution in [3.8, 4) is 0 Å². The minimum absolute atomic E-state index is 0.166. The third-order valence-electron chi connectivity index (χ3n) is 2.41. The summed E-state index contributed by atoms with van der Waals surface area (Å²) in [4.78, 5) is 27.1. The number of nitrogens with zero attached hydrogens (tertiary/aromatic N) is 1. The Morgan fingerprint density at radius 3 is 2.45 bits per heavy atom. The highest BCUT2D eigenvalue weighted by Gasteiger charge is 2.11. The molecule has 6 heteroatoms. The van der Waals surface area contributed by atoms with Crippen LogP contribution in [0.4, 0.5) is 11.4 Å². The van der Waals surface area contributed by atoms with Crippen LogP contribution in [0.25, 0.3) is 0 Å². The number of nitrogens with one attached hydrogen (secondary N) is 2. The lowest BCUT2D eigenvalue weighted by atomic mass is 10.2. The van der Waals surface area contributed by atoms with Gasteiger partial charge in [0.2, 0.25) is 5.91 Å². The highest BCUT2D eigenvalue weighted by atomic mass is 79.9. The minimum Gasteiger partial charge on any atom is -0.326 e. The lowest BCUT2D eigenvalue weighted by Gasteiger charge is -2.08. The number of benzene rings is 1. The molecule has 0 aliphatic heterocycles. The molecule has 0 atom stereocenters. The second-order valence-corrected chi connectivity index (χ2v) is 4.90. The number of rotatable bonds is 3. The van der Waals surface area contributed by atoms with Gasteiger partial charge in [-0.15, -0.1) is 0 Å². The van der Waals surface area contributed by atoms with Gasteiger partial charge in [-0.1, -0.05) is 6.07 Å². The molecule has 1 heterocycles. The van der Waals surface area contributed by atoms with Gasteiger partial charge < -0.3 is 10.6 Å². The maximum Gasteiger partial charge on any atom is 0.275 e. The molecule has 2 N–H and O–H groups in total. The smallest absolute Gasteiger partial charge is 0.275 e. The van der Waals surface area contributed by atoms with Crippen LogP contribution in [0.2, 0.25) is 0 Å². The molecule has 1 aromatic heterocycles. The number of pyridine rings is 1. The topological polar surface area (TPSA) is 71.1 Å². The quantitative estimate of drug-likeness (QED) is 0.906. The van der Waals surface area contributed by atoms with Crippen LogP contribution in [-0.2, 0) is 4.79 Å². The summed E-state index contributed by atoms with van der Waals surface area (Å²) in [5, 5.41) is 5.38. The van der Waals surface area contributed by atoms with E-state index in [0.29, 0.717) is 21.5 Å². The summed E-state index contributed by atoms with van der Waals surface area (Å²) in [7, 11) is 0. The second-order valence-electron chi connectivity index (χ2n) is 4.05. The third kappa shape index (κ3) is 3.64. The lowest BCUT2D eigenvalue weighted by molar-refractivity contribution is -0.114. The first-order valence-electron chi connectivity index (χ1n) is 5.86. The molecule has 2 rings (SSSR count). The van der Waals surface area contributed by atoms with Crippen molar-refractivity contribution in [2.24, 2.45) is 0 Å². The van der Waals surface area contributed by atoms with Gasteiger partial charge in [0.1, 0.15) is 5.69 Å². The van der Waals surface area contributed by atoms with E-state index in [1.54, 1.807) is 42.6 Å². The van der Waals surface area contributed by atoms with Crippen LogP contribution in [0.1, 0.15) is 17.4 Å². The zero-order valence-corrected chi connectivity index (χ0v) is 12.3. The van der Waals surface area contributed by atoms with E-state index in [0.717, 1.165) is 0 Å². The Balaban J connectivity index is 2.16. The molecule has 102 valence electrons. The molecule has 0 spiro atoms. The first kappa shape index (κ1) is 14.2. The van der Waals surface area contributed by atoms with Crippen LogP contribution in [0.5, 0.6) is 0 Å². The Morgan fingerprint density at radius 1 is 1.10 bits per heavy atom. The number of anilines is 2. The van der Waals surface area contributed by atoms with Crippen LogP contribution < -0.4 is 10.6 Å². The summed E-state index contributed by atoms with van der Waals surface area (Å²) in [6.45, 7) is 1.43. The molecule has 0 bridgehead atoms. The average Bonchev–Trinajstić information content (AvgIpc) is 2.38. The van der Waals surface area contributed by atoms with E-state index in [9.17, 15) is 9.59 Å². The van der Waals surface area contributed by atoms with Gasteiger partial charge in [-0.05, 0) is 46.3 Å². The van der Waals surface area contributed by atoms with Gasteiger partial charge >= 0.3 is 0 Å². The van der Waals surface area contributed by atoms with Crippen molar-refractivity contribution >= 4 is 39.1 Å². The highest BCUT2D eigenvalue weighted by Crippen LogP contribution is 2.18. The normalized spacial score (nSPS) is 9.90. The van der Waals surface area contributed by atoms with Crippen molar-refractivity contribution in [2.45, 2.75) is 6.92 Å². The molecule has 0 fully saturated rings. The molecule has 1 aromatic carbocycles. The number of hydrogen-bond donors (Lipinski definition) is 2. The first-order chi connectivity index (χ1) is 9.56. The van der Waals surface area contributed by atoms with Gasteiger partial charge in [0.15, 0.2) is 0 Å². The number of halogens is 1. The Kier molecular flexibility index (Phi) is 4.47. The molecular weight excluding hydrogens is 322 g/mol. The maximum absolute atomic E-state index is 12.1. The fourth-order valence-corrected chi connectivity index (χ4v) is 2.06. The molecule has 0 unspecified atom stereocenters. The summed E-state index contributed by atoms with van der Waals surface area (Å²) in [5.41, 5.74) is 1.51. The summed E-state index contributed by atoms with van der Waals surface area (Å²) in [6.07, 6.45) is 1.55. The van der Waals surface area contributed by atoms with Gasteiger partial charge in [0, 0.05) is 29.0 Å². The summed E-state index contributed by atoms with van der Waals surface area (Å²) < 4.78 is 0.621. The SMILES string of the molecule is CC(=O)Nc1cccc(NC(=O)c2ncccc2Br)c1. The van der Waals surface area contributed by atoms with E-state index in [1.165, 1.54) is 6.92 Å². The van der Waals surface area contributed by atoms with E-state index >= 15 is 0 Å². The molecule has 0 aliphatic rings. The largest absolute Gasteiger partial charge is 0.326 e. The number of aromatic nitrogens is 1. The second kappa shape index (κ2) is 6.29. The van der Waals surface area contributed by atoms with Crippen molar-refractivity contribution < 1.29 is 9.59 Å². The predicted molar refractivity (Wildman–Crippen MR) is 80.6 cm³/mol. The fourth-order valence-electron chi connectivity index (χ4n) is 1.62. The Morgan fingerprint density at radius 2 is 1.80 bits per heavy atom. The van der Waals surface area contributed by atoms with E-state index < -0.39 is 0 Å². The molecule has 2 amide bonds. The molecule has 0 saturated carbocycles. The molecule has 20 heavy (non-hydrogen) atoms. The maximum atomic E-state index is 12.1. The van der Waals surface area contributed by atoms with Crippen molar-refractivity contribution in [2.75, 3.05) is 10.6 Å². The fraction of sp³-hybridized carbons (Fsp3) is 0.0714. The predicted octanol–water partition coefficient (Wildman–Crippen LogP) is 3.05. The highest BCUT2D eigenvalue weighted by molar-refractivity contribution is 9.10. The number of hydrogen-bond acceptors (Lipinski definition) is 3. The van der Waals surface area contributed by atoms with Crippen LogP contribution >= 0.6 is 15.9 Å². The first-order valence-corrected chi connectivity index (χ1v) is 6.65. The standard InChI is InChI=1S/C14H12BrN3O2/c1-9(19)17-10-4-2-5-11(8-10)18-14(20)13-12(15)6-3-7-16-13/h2-8H,1H3,(H,17,19)(H,18,20). The summed E-state index contributed by atoms with van der Waals surface area (Å²) >= 11 is 3.28. The van der Waals surface area contributed by atoms with Crippen molar-refractivity contribution in [3.63, 3.8) is 0 Å². The molecule has 0 saturated heterocycles. The van der Waals surface area contributed by atoms with E-state index in [4.69, 9.17) is 0 Å². The van der Waals surface area contributed by atoms with Crippen molar-refractivity contribution in [3.05, 3.63) is 52.8 Å². The van der Waals surface area contributed by atoms with Gasteiger partial charge in [0.25, 0.3) is 5.91 Å². The Bertz CT molecular complexity index is 658. The zero-order valence-electron chi connectivity index (χ0n) is 10.7. The number of carbonyl (C=O) groups is 2. The summed E-state index contributed by atoms with van der Waals surface area (Å²) in [5.74, 6) is -0.488. The van der Waals surface area contributed by atoms with E-state index in [1.807, 2.05) is 0 Å². The van der Waals surface area contributed by atoms with Crippen molar-refractivity contribution in [1.29, 1.82) is 0 Å². The van der Waals surface area contributed by atoms with Crippen molar-refractivity contribution in [1.82, 2.24) is 4.98 Å². The number of carbonyl (C=O) groups excluding carboxylic acids is 2. The van der Waals surface area contributed by atoms with Crippen LogP contribution in [0, 0.1) is 0 Å². The van der Waals surface area contributed by atoms with Gasteiger partial charge in [-0.2, -0.15) is 0 Å². The Hall–Kier alpha value is -2.21. The van der Waals surface area contributed by atoms with Gasteiger partial charge in [-0.25, -0.2) is 4.98 Å². The number of amides is 2. The van der Waals surface area contributed by atoms with Crippen LogP contribution in [0.3, 0.4) is 0 Å². The van der Waals surface area contributed by atoms with E-state index in [2.05, 4.69) is 31.5 Å². The summed E-state index contributed by atoms with van der Waals surface area (Å²) in [6, 6.07) is 10.4. The average molecular weight is 334 g/mol. The minimum atomic E-state index is -0.322.